The quantitative estimate of drug-likeness (QED) is 0.540. The summed E-state index contributed by atoms with van der Waals surface area (Å²) in [6.45, 7) is 5.73. The fourth-order valence-electron chi connectivity index (χ4n) is 1.74. The molecule has 0 radical (unpaired) electrons. The Bertz CT molecular complexity index is 290. The van der Waals surface area contributed by atoms with Gasteiger partial charge in [0.15, 0.2) is 5.79 Å². The molecule has 4 heteroatoms. The lowest BCUT2D eigenvalue weighted by molar-refractivity contribution is -0.288. The molecular weight excluding hydrogens is 208 g/mol. The van der Waals surface area contributed by atoms with E-state index in [0.29, 0.717) is 13.0 Å². The molecule has 0 aromatic heterocycles. The number of carbonyl (C=O) groups excluding carboxylic acids is 1. The average Bonchev–Trinajstić information content (AvgIpc) is 2.15. The van der Waals surface area contributed by atoms with Crippen LogP contribution in [0.25, 0.3) is 0 Å². The minimum atomic E-state index is -0.744. The van der Waals surface area contributed by atoms with Gasteiger partial charge in [-0.25, -0.2) is 0 Å². The Kier molecular flexibility index (Phi) is 4.34. The first kappa shape index (κ1) is 13.0. The maximum Gasteiger partial charge on any atom is 0.308 e. The van der Waals surface area contributed by atoms with E-state index >= 15 is 0 Å². The van der Waals surface area contributed by atoms with E-state index in [2.05, 4.69) is 5.92 Å². The molecule has 0 aliphatic carbocycles. The highest BCUT2D eigenvalue weighted by molar-refractivity contribution is 5.69. The summed E-state index contributed by atoms with van der Waals surface area (Å²) in [4.78, 5) is 11.3. The van der Waals surface area contributed by atoms with Crippen LogP contribution in [0.2, 0.25) is 0 Å². The zero-order chi connectivity index (χ0) is 12.2. The summed E-state index contributed by atoms with van der Waals surface area (Å²) in [7, 11) is 0. The van der Waals surface area contributed by atoms with E-state index in [4.69, 9.17) is 20.6 Å². The van der Waals surface area contributed by atoms with Crippen molar-refractivity contribution >= 4 is 5.97 Å². The van der Waals surface area contributed by atoms with Gasteiger partial charge in [-0.1, -0.05) is 5.92 Å². The maximum atomic E-state index is 11.3. The summed E-state index contributed by atoms with van der Waals surface area (Å²) in [6, 6.07) is 0. The highest BCUT2D eigenvalue weighted by Gasteiger charge is 2.35. The van der Waals surface area contributed by atoms with Crippen LogP contribution in [0.1, 0.15) is 33.6 Å². The first-order chi connectivity index (χ1) is 7.46. The Morgan fingerprint density at radius 2 is 2.25 bits per heavy atom. The van der Waals surface area contributed by atoms with Gasteiger partial charge in [0.2, 0.25) is 0 Å². The predicted molar refractivity (Wildman–Crippen MR) is 58.5 cm³/mol. The third kappa shape index (κ3) is 3.84. The zero-order valence-electron chi connectivity index (χ0n) is 9.99. The van der Waals surface area contributed by atoms with E-state index in [1.54, 1.807) is 20.8 Å². The highest BCUT2D eigenvalue weighted by Crippen LogP contribution is 2.28. The first-order valence-electron chi connectivity index (χ1n) is 5.44. The summed E-state index contributed by atoms with van der Waals surface area (Å²) in [5, 5.41) is 0. The van der Waals surface area contributed by atoms with Gasteiger partial charge in [-0.15, -0.1) is 6.42 Å². The van der Waals surface area contributed by atoms with Crippen molar-refractivity contribution in [3.05, 3.63) is 0 Å². The molecule has 0 spiro atoms. The van der Waals surface area contributed by atoms with Crippen LogP contribution in [0.15, 0.2) is 0 Å². The van der Waals surface area contributed by atoms with Gasteiger partial charge in [-0.2, -0.15) is 0 Å². The van der Waals surface area contributed by atoms with Gasteiger partial charge >= 0.3 is 5.97 Å². The molecule has 4 nitrogen and oxygen atoms in total. The fraction of sp³-hybridized carbons (Fsp3) is 0.750. The number of hydrogen-bond donors (Lipinski definition) is 0. The molecule has 1 rings (SSSR count). The van der Waals surface area contributed by atoms with Crippen molar-refractivity contribution < 1.29 is 19.0 Å². The monoisotopic (exact) mass is 226 g/mol. The Hall–Kier alpha value is -1.05. The van der Waals surface area contributed by atoms with Crippen molar-refractivity contribution in [2.24, 2.45) is 0 Å². The third-order valence-corrected chi connectivity index (χ3v) is 2.24. The van der Waals surface area contributed by atoms with Crippen LogP contribution >= 0.6 is 0 Å². The van der Waals surface area contributed by atoms with Crippen molar-refractivity contribution in [1.82, 2.24) is 0 Å². The van der Waals surface area contributed by atoms with Crippen LogP contribution in [0.5, 0.6) is 0 Å². The molecule has 1 aliphatic rings. The van der Waals surface area contributed by atoms with E-state index in [1.165, 1.54) is 0 Å². The molecule has 1 aliphatic heterocycles. The van der Waals surface area contributed by atoms with Gasteiger partial charge < -0.3 is 14.2 Å². The summed E-state index contributed by atoms with van der Waals surface area (Å²) in [5.41, 5.74) is 0. The van der Waals surface area contributed by atoms with E-state index in [-0.39, 0.29) is 24.6 Å². The normalized spacial score (nSPS) is 28.1. The highest BCUT2D eigenvalue weighted by atomic mass is 16.7. The van der Waals surface area contributed by atoms with E-state index < -0.39 is 5.79 Å². The van der Waals surface area contributed by atoms with Crippen LogP contribution in [0.4, 0.5) is 0 Å². The number of esters is 1. The largest absolute Gasteiger partial charge is 0.466 e. The Labute approximate surface area is 96.2 Å². The standard InChI is InChI=1S/C12H18O4/c1-5-9-7-10(8-11(13)14-6-2)16-12(3,4)15-9/h1,9-10H,6-8H2,2-4H3. The minimum absolute atomic E-state index is 0.221. The summed E-state index contributed by atoms with van der Waals surface area (Å²) >= 11 is 0. The summed E-state index contributed by atoms with van der Waals surface area (Å²) in [5.74, 6) is 1.53. The van der Waals surface area contributed by atoms with Gasteiger partial charge in [0, 0.05) is 6.42 Å². The second kappa shape index (κ2) is 5.33. The number of carbonyl (C=O) groups is 1. The van der Waals surface area contributed by atoms with Crippen LogP contribution in [0, 0.1) is 12.3 Å². The molecule has 0 aromatic rings. The molecule has 90 valence electrons. The van der Waals surface area contributed by atoms with E-state index in [9.17, 15) is 4.79 Å². The molecule has 1 saturated heterocycles. The number of terminal acetylenes is 1. The smallest absolute Gasteiger partial charge is 0.308 e. The van der Waals surface area contributed by atoms with Crippen molar-refractivity contribution in [2.75, 3.05) is 6.61 Å². The van der Waals surface area contributed by atoms with Gasteiger partial charge in [0.1, 0.15) is 6.10 Å². The minimum Gasteiger partial charge on any atom is -0.466 e. The van der Waals surface area contributed by atoms with Crippen LogP contribution < -0.4 is 0 Å². The molecule has 1 heterocycles. The predicted octanol–water partition coefficient (Wildman–Crippen LogP) is 1.48. The van der Waals surface area contributed by atoms with Crippen molar-refractivity contribution in [3.63, 3.8) is 0 Å². The third-order valence-electron chi connectivity index (χ3n) is 2.24. The van der Waals surface area contributed by atoms with Gasteiger partial charge in [-0.3, -0.25) is 4.79 Å². The molecule has 1 fully saturated rings. The van der Waals surface area contributed by atoms with Gasteiger partial charge in [0.25, 0.3) is 0 Å². The molecule has 0 bridgehead atoms. The van der Waals surface area contributed by atoms with Crippen LogP contribution in [0.3, 0.4) is 0 Å². The summed E-state index contributed by atoms with van der Waals surface area (Å²) < 4.78 is 16.0. The number of rotatable bonds is 3. The molecule has 2 unspecified atom stereocenters. The maximum absolute atomic E-state index is 11.3. The zero-order valence-corrected chi connectivity index (χ0v) is 9.99. The van der Waals surface area contributed by atoms with Gasteiger partial charge in [0.05, 0.1) is 19.1 Å². The van der Waals surface area contributed by atoms with Crippen molar-refractivity contribution in [1.29, 1.82) is 0 Å². The van der Waals surface area contributed by atoms with Crippen LogP contribution in [-0.2, 0) is 19.0 Å². The second-order valence-corrected chi connectivity index (χ2v) is 4.16. The lowest BCUT2D eigenvalue weighted by Gasteiger charge is -2.38. The topological polar surface area (TPSA) is 44.8 Å². The SMILES string of the molecule is C#CC1CC(CC(=O)OCC)OC(C)(C)O1. The van der Waals surface area contributed by atoms with E-state index in [1.807, 2.05) is 0 Å². The Balaban J connectivity index is 2.54. The number of ether oxygens (including phenoxy) is 3. The fourth-order valence-corrected chi connectivity index (χ4v) is 1.74. The van der Waals surface area contributed by atoms with E-state index in [0.717, 1.165) is 0 Å². The second-order valence-electron chi connectivity index (χ2n) is 4.16. The molecule has 2 atom stereocenters. The summed E-state index contributed by atoms with van der Waals surface area (Å²) in [6.07, 6.45) is 5.54. The Morgan fingerprint density at radius 1 is 1.56 bits per heavy atom. The average molecular weight is 226 g/mol. The lowest BCUT2D eigenvalue weighted by atomic mass is 10.1. The number of hydrogen-bond acceptors (Lipinski definition) is 4. The lowest BCUT2D eigenvalue weighted by Crippen LogP contribution is -2.44. The van der Waals surface area contributed by atoms with Crippen molar-refractivity contribution in [3.8, 4) is 12.3 Å². The van der Waals surface area contributed by atoms with Crippen molar-refractivity contribution in [2.45, 2.75) is 51.6 Å². The van der Waals surface area contributed by atoms with Gasteiger partial charge in [-0.05, 0) is 20.8 Å². The Morgan fingerprint density at radius 3 is 2.81 bits per heavy atom. The molecule has 0 saturated carbocycles. The molecule has 0 amide bonds. The molecule has 0 N–H and O–H groups in total. The molecule has 0 aromatic carbocycles. The first-order valence-corrected chi connectivity index (χ1v) is 5.44. The van der Waals surface area contributed by atoms with Crippen LogP contribution in [-0.4, -0.2) is 30.6 Å². The molecular formula is C12H18O4. The molecule has 16 heavy (non-hydrogen) atoms.